The van der Waals surface area contributed by atoms with Crippen LogP contribution in [0.25, 0.3) is 0 Å². The number of rotatable bonds is 5. The highest BCUT2D eigenvalue weighted by Crippen LogP contribution is 2.33. The number of methoxy groups -OCH3 is 1. The van der Waals surface area contributed by atoms with Crippen molar-refractivity contribution in [1.29, 1.82) is 0 Å². The lowest BCUT2D eigenvalue weighted by Gasteiger charge is -2.14. The number of aromatic amines is 1. The maximum absolute atomic E-state index is 5.31. The van der Waals surface area contributed by atoms with E-state index < -0.39 is 0 Å². The number of nitrogens with zero attached hydrogens (tertiary/aromatic N) is 1. The molecule has 1 aliphatic carbocycles. The summed E-state index contributed by atoms with van der Waals surface area (Å²) in [5, 5.41) is 3.61. The number of hydrogen-bond donors (Lipinski definition) is 2. The first-order valence-electron chi connectivity index (χ1n) is 6.75. The summed E-state index contributed by atoms with van der Waals surface area (Å²) in [6, 6.07) is 6.83. The Hall–Kier alpha value is -1.81. The van der Waals surface area contributed by atoms with Crippen molar-refractivity contribution in [1.82, 2.24) is 15.3 Å². The number of nitrogens with one attached hydrogen (secondary N) is 2. The van der Waals surface area contributed by atoms with Gasteiger partial charge in [-0.15, -0.1) is 0 Å². The van der Waals surface area contributed by atoms with Gasteiger partial charge in [0.15, 0.2) is 0 Å². The van der Waals surface area contributed by atoms with Crippen molar-refractivity contribution < 1.29 is 4.74 Å². The average molecular weight is 257 g/mol. The number of H-pyrrole nitrogens is 1. The fraction of sp³-hybridized carbons (Fsp3) is 0.400. The second-order valence-electron chi connectivity index (χ2n) is 4.90. The van der Waals surface area contributed by atoms with Crippen LogP contribution in [0, 0.1) is 0 Å². The first-order valence-corrected chi connectivity index (χ1v) is 6.75. The van der Waals surface area contributed by atoms with Crippen LogP contribution in [0.2, 0.25) is 0 Å². The molecule has 0 bridgehead atoms. The summed E-state index contributed by atoms with van der Waals surface area (Å²) in [5.41, 5.74) is 2.83. The zero-order valence-corrected chi connectivity index (χ0v) is 11.1. The van der Waals surface area contributed by atoms with Gasteiger partial charge in [-0.25, -0.2) is 4.98 Å². The van der Waals surface area contributed by atoms with E-state index in [1.807, 2.05) is 12.3 Å². The Bertz CT molecular complexity index is 536. The number of imidazole rings is 1. The molecule has 0 saturated carbocycles. The summed E-state index contributed by atoms with van der Waals surface area (Å²) in [6.07, 6.45) is 6.91. The number of fused-ring (bicyclic) bond motifs is 1. The first-order chi connectivity index (χ1) is 9.36. The third-order valence-electron chi connectivity index (χ3n) is 3.74. The predicted octanol–water partition coefficient (Wildman–Crippen LogP) is 2.24. The summed E-state index contributed by atoms with van der Waals surface area (Å²) in [6.45, 7) is 0.939. The zero-order valence-electron chi connectivity index (χ0n) is 11.1. The van der Waals surface area contributed by atoms with E-state index >= 15 is 0 Å². The van der Waals surface area contributed by atoms with Crippen molar-refractivity contribution in [2.24, 2.45) is 0 Å². The highest BCUT2D eigenvalue weighted by Gasteiger charge is 2.22. The van der Waals surface area contributed by atoms with Crippen LogP contribution >= 0.6 is 0 Å². The maximum Gasteiger partial charge on any atom is 0.119 e. The van der Waals surface area contributed by atoms with Crippen molar-refractivity contribution >= 4 is 0 Å². The Morgan fingerprint density at radius 2 is 2.42 bits per heavy atom. The van der Waals surface area contributed by atoms with Crippen LogP contribution in [0.3, 0.4) is 0 Å². The minimum absolute atomic E-state index is 0.445. The van der Waals surface area contributed by atoms with Gasteiger partial charge in [0, 0.05) is 31.4 Å². The summed E-state index contributed by atoms with van der Waals surface area (Å²) in [7, 11) is 1.72. The number of ether oxygens (including phenoxy) is 1. The molecule has 2 N–H and O–H groups in total. The van der Waals surface area contributed by atoms with Gasteiger partial charge in [0.25, 0.3) is 0 Å². The number of aryl methyl sites for hydroxylation is 1. The summed E-state index contributed by atoms with van der Waals surface area (Å²) in [5.74, 6) is 1.98. The van der Waals surface area contributed by atoms with Crippen LogP contribution < -0.4 is 10.1 Å². The van der Waals surface area contributed by atoms with E-state index in [1.165, 1.54) is 17.5 Å². The van der Waals surface area contributed by atoms with E-state index in [2.05, 4.69) is 27.4 Å². The molecule has 1 atom stereocenters. The SMILES string of the molecule is COc1ccc2c(c1)C(NCCc1ncc[nH]1)CC2. The van der Waals surface area contributed by atoms with E-state index in [1.54, 1.807) is 13.3 Å². The van der Waals surface area contributed by atoms with Crippen LogP contribution in [0.15, 0.2) is 30.6 Å². The highest BCUT2D eigenvalue weighted by atomic mass is 16.5. The Morgan fingerprint density at radius 1 is 1.47 bits per heavy atom. The van der Waals surface area contributed by atoms with Crippen molar-refractivity contribution in [3.8, 4) is 5.75 Å². The molecule has 0 radical (unpaired) electrons. The molecule has 2 aromatic rings. The molecule has 0 aliphatic heterocycles. The number of hydrogen-bond acceptors (Lipinski definition) is 3. The van der Waals surface area contributed by atoms with Gasteiger partial charge in [-0.05, 0) is 36.1 Å². The molecule has 4 heteroatoms. The van der Waals surface area contributed by atoms with Crippen LogP contribution in [-0.2, 0) is 12.8 Å². The van der Waals surface area contributed by atoms with Crippen molar-refractivity contribution in [3.05, 3.63) is 47.5 Å². The number of aromatic nitrogens is 2. The lowest BCUT2D eigenvalue weighted by Crippen LogP contribution is -2.22. The molecular weight excluding hydrogens is 238 g/mol. The molecular formula is C15H19N3O. The second kappa shape index (κ2) is 5.45. The minimum Gasteiger partial charge on any atom is -0.497 e. The lowest BCUT2D eigenvalue weighted by molar-refractivity contribution is 0.413. The van der Waals surface area contributed by atoms with Crippen molar-refractivity contribution in [3.63, 3.8) is 0 Å². The van der Waals surface area contributed by atoms with E-state index in [4.69, 9.17) is 4.74 Å². The molecule has 1 unspecified atom stereocenters. The van der Waals surface area contributed by atoms with Gasteiger partial charge in [-0.1, -0.05) is 6.07 Å². The fourth-order valence-corrected chi connectivity index (χ4v) is 2.72. The number of benzene rings is 1. The monoisotopic (exact) mass is 257 g/mol. The largest absolute Gasteiger partial charge is 0.497 e. The standard InChI is InChI=1S/C15H19N3O/c1-19-12-4-2-11-3-5-14(13(11)10-12)16-7-6-15-17-8-9-18-15/h2,4,8-10,14,16H,3,5-7H2,1H3,(H,17,18). The Labute approximate surface area is 113 Å². The molecule has 0 saturated heterocycles. The van der Waals surface area contributed by atoms with Crippen LogP contribution in [0.5, 0.6) is 5.75 Å². The third-order valence-corrected chi connectivity index (χ3v) is 3.74. The van der Waals surface area contributed by atoms with Crippen LogP contribution in [0.1, 0.15) is 29.4 Å². The molecule has 1 aliphatic rings. The van der Waals surface area contributed by atoms with Gasteiger partial charge in [0.05, 0.1) is 7.11 Å². The van der Waals surface area contributed by atoms with Gasteiger partial charge in [-0.2, -0.15) is 0 Å². The zero-order chi connectivity index (χ0) is 13.1. The topological polar surface area (TPSA) is 49.9 Å². The highest BCUT2D eigenvalue weighted by molar-refractivity contribution is 5.40. The Kier molecular flexibility index (Phi) is 3.51. The van der Waals surface area contributed by atoms with Gasteiger partial charge in [-0.3, -0.25) is 0 Å². The quantitative estimate of drug-likeness (QED) is 0.863. The third kappa shape index (κ3) is 2.63. The molecule has 3 rings (SSSR count). The maximum atomic E-state index is 5.31. The molecule has 0 spiro atoms. The molecule has 1 heterocycles. The average Bonchev–Trinajstić information content (AvgIpc) is 3.08. The Morgan fingerprint density at radius 3 is 3.21 bits per heavy atom. The van der Waals surface area contributed by atoms with Crippen molar-refractivity contribution in [2.45, 2.75) is 25.3 Å². The minimum atomic E-state index is 0.445. The summed E-state index contributed by atoms with van der Waals surface area (Å²) >= 11 is 0. The Balaban J connectivity index is 1.62. The van der Waals surface area contributed by atoms with Crippen LogP contribution in [-0.4, -0.2) is 23.6 Å². The molecule has 100 valence electrons. The molecule has 0 amide bonds. The van der Waals surface area contributed by atoms with Gasteiger partial charge in [0.1, 0.15) is 11.6 Å². The predicted molar refractivity (Wildman–Crippen MR) is 74.4 cm³/mol. The summed E-state index contributed by atoms with van der Waals surface area (Å²) in [4.78, 5) is 7.37. The van der Waals surface area contributed by atoms with E-state index in [0.29, 0.717) is 6.04 Å². The normalized spacial score (nSPS) is 17.4. The van der Waals surface area contributed by atoms with Crippen LogP contribution in [0.4, 0.5) is 0 Å². The van der Waals surface area contributed by atoms with Crippen molar-refractivity contribution in [2.75, 3.05) is 13.7 Å². The van der Waals surface area contributed by atoms with E-state index in [0.717, 1.165) is 31.0 Å². The van der Waals surface area contributed by atoms with E-state index in [9.17, 15) is 0 Å². The van der Waals surface area contributed by atoms with Gasteiger partial charge < -0.3 is 15.0 Å². The summed E-state index contributed by atoms with van der Waals surface area (Å²) < 4.78 is 5.31. The van der Waals surface area contributed by atoms with Gasteiger partial charge >= 0.3 is 0 Å². The molecule has 1 aromatic carbocycles. The second-order valence-corrected chi connectivity index (χ2v) is 4.90. The lowest BCUT2D eigenvalue weighted by atomic mass is 10.1. The molecule has 4 nitrogen and oxygen atoms in total. The fourth-order valence-electron chi connectivity index (χ4n) is 2.72. The van der Waals surface area contributed by atoms with Gasteiger partial charge in [0.2, 0.25) is 0 Å². The first kappa shape index (κ1) is 12.2. The molecule has 0 fully saturated rings. The molecule has 1 aromatic heterocycles. The molecule has 19 heavy (non-hydrogen) atoms. The van der Waals surface area contributed by atoms with E-state index in [-0.39, 0.29) is 0 Å². The smallest absolute Gasteiger partial charge is 0.119 e.